The zero-order valence-electron chi connectivity index (χ0n) is 22.2. The minimum absolute atomic E-state index is 0.130. The van der Waals surface area contributed by atoms with E-state index in [9.17, 15) is 9.18 Å². The maximum absolute atomic E-state index is 14.8. The number of benzene rings is 2. The van der Waals surface area contributed by atoms with E-state index < -0.39 is 17.6 Å². The Balaban J connectivity index is 1.14. The Morgan fingerprint density at radius 2 is 2.02 bits per heavy atom. The molecule has 1 aromatic heterocycles. The van der Waals surface area contributed by atoms with Crippen molar-refractivity contribution in [1.29, 1.82) is 0 Å². The molecule has 3 aromatic rings. The minimum Gasteiger partial charge on any atom is -0.478 e. The molecule has 2 atom stereocenters. The molecule has 0 unspecified atom stereocenters. The molecule has 6 rings (SSSR count). The molecule has 210 valence electrons. The van der Waals surface area contributed by atoms with E-state index in [1.807, 2.05) is 12.1 Å². The van der Waals surface area contributed by atoms with E-state index in [2.05, 4.69) is 20.5 Å². The topological polar surface area (TPSA) is 86.1 Å². The highest BCUT2D eigenvalue weighted by atomic mass is 35.5. The number of halogens is 2. The molecule has 0 amide bonds. The van der Waals surface area contributed by atoms with Gasteiger partial charge in [0.05, 0.1) is 36.6 Å². The van der Waals surface area contributed by atoms with Gasteiger partial charge in [-0.05, 0) is 68.6 Å². The Hall–Kier alpha value is -3.40. The number of piperidine rings is 1. The predicted molar refractivity (Wildman–Crippen MR) is 147 cm³/mol. The number of ether oxygens (including phenoxy) is 3. The van der Waals surface area contributed by atoms with E-state index >= 15 is 0 Å². The number of aliphatic carboxylic acids is 1. The second-order valence-corrected chi connectivity index (χ2v) is 11.1. The van der Waals surface area contributed by atoms with E-state index in [0.717, 1.165) is 62.1 Å². The van der Waals surface area contributed by atoms with Crippen LogP contribution in [0.3, 0.4) is 0 Å². The number of carboxylic acids is 1. The van der Waals surface area contributed by atoms with E-state index in [1.165, 1.54) is 6.07 Å². The molecule has 3 aliphatic heterocycles. The van der Waals surface area contributed by atoms with Crippen molar-refractivity contribution in [2.45, 2.75) is 57.1 Å². The molecule has 3 aliphatic rings. The number of hydrogen-bond acceptors (Lipinski definition) is 6. The SMILES string of the molecule is C[C@]1(c2ccc(Cl)cc2F)Oc2cccc(C3CCN(Cc4ncc(C=CC(=O)O)n4C[C@@H]4CCO4)CC3)c2O1. The van der Waals surface area contributed by atoms with E-state index in [-0.39, 0.29) is 12.0 Å². The van der Waals surface area contributed by atoms with Gasteiger partial charge in [-0.15, -0.1) is 0 Å². The molecule has 0 saturated carbocycles. The Labute approximate surface area is 236 Å². The van der Waals surface area contributed by atoms with Gasteiger partial charge in [0.1, 0.15) is 11.6 Å². The Kier molecular flexibility index (Phi) is 7.29. The van der Waals surface area contributed by atoms with Gasteiger partial charge in [-0.25, -0.2) is 14.2 Å². The molecule has 4 heterocycles. The lowest BCUT2D eigenvalue weighted by molar-refractivity contribution is -0.131. The lowest BCUT2D eigenvalue weighted by atomic mass is 9.88. The highest BCUT2D eigenvalue weighted by molar-refractivity contribution is 6.30. The Morgan fingerprint density at radius 3 is 2.73 bits per heavy atom. The molecule has 0 aliphatic carbocycles. The van der Waals surface area contributed by atoms with E-state index in [0.29, 0.717) is 35.2 Å². The first-order valence-electron chi connectivity index (χ1n) is 13.5. The van der Waals surface area contributed by atoms with Crippen molar-refractivity contribution in [3.63, 3.8) is 0 Å². The van der Waals surface area contributed by atoms with Crippen LogP contribution in [0.4, 0.5) is 4.39 Å². The number of carbonyl (C=O) groups is 1. The molecule has 2 aromatic carbocycles. The zero-order valence-corrected chi connectivity index (χ0v) is 22.9. The van der Waals surface area contributed by atoms with Crippen molar-refractivity contribution in [2.75, 3.05) is 19.7 Å². The maximum atomic E-state index is 14.8. The first kappa shape index (κ1) is 26.8. The van der Waals surface area contributed by atoms with Crippen LogP contribution in [0.2, 0.25) is 5.02 Å². The Bertz CT molecular complexity index is 1450. The fourth-order valence-electron chi connectivity index (χ4n) is 5.73. The third-order valence-corrected chi connectivity index (χ3v) is 8.20. The number of para-hydroxylation sites is 1. The van der Waals surface area contributed by atoms with Gasteiger partial charge in [-0.2, -0.15) is 0 Å². The van der Waals surface area contributed by atoms with Gasteiger partial charge in [-0.1, -0.05) is 23.7 Å². The summed E-state index contributed by atoms with van der Waals surface area (Å²) in [4.78, 5) is 18.1. The standard InChI is InChI=1S/C30H31ClFN3O5/c1-30(24-7-5-20(31)15-25(24)32)39-26-4-2-3-23(29(26)40-30)19-9-12-34(13-10-19)18-27-33-16-21(6-8-28(36)37)35(27)17-22-11-14-38-22/h2-8,15-16,19,22H,9-14,17-18H2,1H3,(H,36,37)/t22-,30-/m0/s1. The predicted octanol–water partition coefficient (Wildman–Crippen LogP) is 5.59. The maximum Gasteiger partial charge on any atom is 0.328 e. The van der Waals surface area contributed by atoms with Crippen molar-refractivity contribution in [3.05, 3.63) is 82.2 Å². The summed E-state index contributed by atoms with van der Waals surface area (Å²) < 4.78 is 34.9. The van der Waals surface area contributed by atoms with Gasteiger partial charge in [-0.3, -0.25) is 4.90 Å². The number of likely N-dealkylation sites (tertiary alicyclic amines) is 1. The number of fused-ring (bicyclic) bond motifs is 1. The molecule has 8 nitrogen and oxygen atoms in total. The third-order valence-electron chi connectivity index (χ3n) is 7.97. The fraction of sp³-hybridized carbons (Fsp3) is 0.400. The van der Waals surface area contributed by atoms with Gasteiger partial charge in [0.25, 0.3) is 5.79 Å². The summed E-state index contributed by atoms with van der Waals surface area (Å²) in [5.74, 6) is -0.288. The fourth-order valence-corrected chi connectivity index (χ4v) is 5.89. The minimum atomic E-state index is -1.28. The van der Waals surface area contributed by atoms with E-state index in [4.69, 9.17) is 30.9 Å². The van der Waals surface area contributed by atoms with Crippen molar-refractivity contribution in [2.24, 2.45) is 0 Å². The van der Waals surface area contributed by atoms with Crippen molar-refractivity contribution < 1.29 is 28.5 Å². The van der Waals surface area contributed by atoms with E-state index in [1.54, 1.807) is 31.3 Å². The highest BCUT2D eigenvalue weighted by Crippen LogP contribution is 2.49. The number of hydrogen-bond donors (Lipinski definition) is 1. The van der Waals surface area contributed by atoms with Gasteiger partial charge < -0.3 is 23.9 Å². The first-order chi connectivity index (χ1) is 19.3. The summed E-state index contributed by atoms with van der Waals surface area (Å²) in [5, 5.41) is 9.39. The van der Waals surface area contributed by atoms with Gasteiger partial charge >= 0.3 is 5.97 Å². The van der Waals surface area contributed by atoms with Crippen LogP contribution in [0.1, 0.15) is 54.7 Å². The average Bonchev–Trinajstić information content (AvgIpc) is 3.45. The van der Waals surface area contributed by atoms with Crippen LogP contribution in [0.15, 0.2) is 48.7 Å². The van der Waals surface area contributed by atoms with Gasteiger partial charge in [0, 0.05) is 30.2 Å². The summed E-state index contributed by atoms with van der Waals surface area (Å²) in [5.41, 5.74) is 2.13. The van der Waals surface area contributed by atoms with Crippen molar-refractivity contribution >= 4 is 23.6 Å². The normalized spacial score (nSPS) is 23.0. The molecule has 10 heteroatoms. The molecule has 0 radical (unpaired) electrons. The van der Waals surface area contributed by atoms with Crippen molar-refractivity contribution in [1.82, 2.24) is 14.5 Å². The van der Waals surface area contributed by atoms with Crippen LogP contribution >= 0.6 is 11.6 Å². The molecule has 0 bridgehead atoms. The molecule has 1 N–H and O–H groups in total. The summed E-state index contributed by atoms with van der Waals surface area (Å²) in [6.45, 7) is 5.54. The summed E-state index contributed by atoms with van der Waals surface area (Å²) in [7, 11) is 0. The molecule has 2 fully saturated rings. The van der Waals surface area contributed by atoms with Gasteiger partial charge in [0.15, 0.2) is 11.5 Å². The van der Waals surface area contributed by atoms with Crippen molar-refractivity contribution in [3.8, 4) is 11.5 Å². The molecule has 0 spiro atoms. The average molecular weight is 568 g/mol. The number of imidazole rings is 1. The van der Waals surface area contributed by atoms with Crippen LogP contribution < -0.4 is 9.47 Å². The summed E-state index contributed by atoms with van der Waals surface area (Å²) in [6, 6.07) is 10.4. The number of carboxylic acid groups (broad SMARTS) is 1. The molecular formula is C30H31ClFN3O5. The second kappa shape index (κ2) is 10.9. The lowest BCUT2D eigenvalue weighted by Gasteiger charge is -2.33. The van der Waals surface area contributed by atoms with Crippen LogP contribution in [-0.2, 0) is 28.4 Å². The third kappa shape index (κ3) is 5.33. The molecular weight excluding hydrogens is 537 g/mol. The Morgan fingerprint density at radius 1 is 1.23 bits per heavy atom. The lowest BCUT2D eigenvalue weighted by Crippen LogP contribution is -2.35. The van der Waals surface area contributed by atoms with Gasteiger partial charge in [0.2, 0.25) is 0 Å². The molecule has 40 heavy (non-hydrogen) atoms. The summed E-state index contributed by atoms with van der Waals surface area (Å²) >= 11 is 5.95. The zero-order chi connectivity index (χ0) is 27.9. The largest absolute Gasteiger partial charge is 0.478 e. The van der Waals surface area contributed by atoms with Crippen LogP contribution in [-0.4, -0.2) is 51.3 Å². The van der Waals surface area contributed by atoms with Crippen LogP contribution in [0.5, 0.6) is 11.5 Å². The molecule has 2 saturated heterocycles. The quantitative estimate of drug-likeness (QED) is 0.355. The summed E-state index contributed by atoms with van der Waals surface area (Å²) in [6.07, 6.45) is 7.42. The second-order valence-electron chi connectivity index (χ2n) is 10.7. The monoisotopic (exact) mass is 567 g/mol. The number of aromatic nitrogens is 2. The highest BCUT2D eigenvalue weighted by Gasteiger charge is 2.43. The number of rotatable bonds is 8. The smallest absolute Gasteiger partial charge is 0.328 e. The first-order valence-corrected chi connectivity index (χ1v) is 13.9. The van der Waals surface area contributed by atoms with Crippen LogP contribution in [0.25, 0.3) is 6.08 Å². The number of nitrogens with zero attached hydrogens (tertiary/aromatic N) is 3. The van der Waals surface area contributed by atoms with Crippen LogP contribution in [0, 0.1) is 5.82 Å².